The van der Waals surface area contributed by atoms with E-state index in [0.717, 1.165) is 24.1 Å². The Balaban J connectivity index is 2.07. The highest BCUT2D eigenvalue weighted by atomic mass is 16.6. The lowest BCUT2D eigenvalue weighted by molar-refractivity contribution is -0.133. The number of phenols is 1. The molecule has 6 nitrogen and oxygen atoms in total. The molecule has 0 bridgehead atoms. The standard InChI is InChI=1S/C20H21NO5/c1-12(2)11-21-10-9-14-13-5-3-4-6-15(13)19-20(18(14)24)26-17(23)8-7-16(22)25-19/h3-8,12,21,24H,9-11H2,1-2H3/b8-7+. The van der Waals surface area contributed by atoms with Gasteiger partial charge in [0.15, 0.2) is 11.5 Å². The Kier molecular flexibility index (Phi) is 5.23. The van der Waals surface area contributed by atoms with Gasteiger partial charge < -0.3 is 19.9 Å². The Bertz CT molecular complexity index is 885. The lowest BCUT2D eigenvalue weighted by Crippen LogP contribution is -2.22. The molecule has 0 aromatic heterocycles. The van der Waals surface area contributed by atoms with E-state index in [9.17, 15) is 14.7 Å². The number of fused-ring (bicyclic) bond motifs is 3. The van der Waals surface area contributed by atoms with E-state index in [1.807, 2.05) is 12.1 Å². The van der Waals surface area contributed by atoms with Crippen molar-refractivity contribution >= 4 is 22.7 Å². The first-order chi connectivity index (χ1) is 12.5. The van der Waals surface area contributed by atoms with Crippen molar-refractivity contribution in [1.82, 2.24) is 5.32 Å². The second-order valence-corrected chi connectivity index (χ2v) is 6.55. The number of carbonyl (C=O) groups excluding carboxylic acids is 2. The van der Waals surface area contributed by atoms with Gasteiger partial charge in [-0.1, -0.05) is 38.1 Å². The van der Waals surface area contributed by atoms with Crippen LogP contribution in [0.5, 0.6) is 17.2 Å². The number of nitrogens with one attached hydrogen (secondary N) is 1. The number of phenolic OH excluding ortho intramolecular Hbond substituents is 1. The van der Waals surface area contributed by atoms with Crippen LogP contribution >= 0.6 is 0 Å². The Hall–Kier alpha value is -2.86. The average Bonchev–Trinajstić information content (AvgIpc) is 2.60. The minimum absolute atomic E-state index is 0.0553. The number of carbonyl (C=O) groups is 2. The van der Waals surface area contributed by atoms with E-state index in [4.69, 9.17) is 9.47 Å². The molecule has 0 unspecified atom stereocenters. The molecule has 2 aromatic carbocycles. The number of hydrogen-bond acceptors (Lipinski definition) is 6. The third-order valence-corrected chi connectivity index (χ3v) is 4.07. The maximum atomic E-state index is 11.9. The monoisotopic (exact) mass is 355 g/mol. The van der Waals surface area contributed by atoms with Gasteiger partial charge >= 0.3 is 11.9 Å². The zero-order valence-electron chi connectivity index (χ0n) is 14.7. The fourth-order valence-electron chi connectivity index (χ4n) is 2.90. The maximum Gasteiger partial charge on any atom is 0.336 e. The molecule has 2 N–H and O–H groups in total. The van der Waals surface area contributed by atoms with Gasteiger partial charge in [-0.3, -0.25) is 0 Å². The smallest absolute Gasteiger partial charge is 0.336 e. The van der Waals surface area contributed by atoms with Crippen LogP contribution in [0.25, 0.3) is 10.8 Å². The molecule has 0 spiro atoms. The molecule has 26 heavy (non-hydrogen) atoms. The molecule has 0 aliphatic carbocycles. The van der Waals surface area contributed by atoms with Gasteiger partial charge in [0.05, 0.1) is 0 Å². The molecule has 0 saturated heterocycles. The summed E-state index contributed by atoms with van der Waals surface area (Å²) < 4.78 is 10.5. The Morgan fingerprint density at radius 2 is 1.62 bits per heavy atom. The lowest BCUT2D eigenvalue weighted by atomic mass is 9.99. The van der Waals surface area contributed by atoms with Crippen LogP contribution in [0.3, 0.4) is 0 Å². The van der Waals surface area contributed by atoms with Crippen LogP contribution in [0, 0.1) is 5.92 Å². The highest BCUT2D eigenvalue weighted by Crippen LogP contribution is 2.47. The van der Waals surface area contributed by atoms with Gasteiger partial charge in [0.2, 0.25) is 5.75 Å². The predicted molar refractivity (Wildman–Crippen MR) is 97.4 cm³/mol. The average molecular weight is 355 g/mol. The first-order valence-corrected chi connectivity index (χ1v) is 8.56. The van der Waals surface area contributed by atoms with Crippen LogP contribution in [-0.2, 0) is 16.0 Å². The quantitative estimate of drug-likeness (QED) is 0.487. The molecule has 1 aliphatic rings. The van der Waals surface area contributed by atoms with Crippen molar-refractivity contribution in [3.8, 4) is 17.2 Å². The summed E-state index contributed by atoms with van der Waals surface area (Å²) in [5.74, 6) is -1.16. The summed E-state index contributed by atoms with van der Waals surface area (Å²) in [6.45, 7) is 5.75. The van der Waals surface area contributed by atoms with Gasteiger partial charge in [0.25, 0.3) is 0 Å². The summed E-state index contributed by atoms with van der Waals surface area (Å²) in [6, 6.07) is 7.25. The van der Waals surface area contributed by atoms with Crippen molar-refractivity contribution < 1.29 is 24.2 Å². The molecule has 2 aromatic rings. The van der Waals surface area contributed by atoms with E-state index in [0.29, 0.717) is 29.8 Å². The van der Waals surface area contributed by atoms with Gasteiger partial charge in [-0.25, -0.2) is 9.59 Å². The van der Waals surface area contributed by atoms with Crippen LogP contribution < -0.4 is 14.8 Å². The molecular weight excluding hydrogens is 334 g/mol. The summed E-state index contributed by atoms with van der Waals surface area (Å²) >= 11 is 0. The molecule has 1 heterocycles. The van der Waals surface area contributed by atoms with E-state index >= 15 is 0 Å². The zero-order chi connectivity index (χ0) is 18.7. The predicted octanol–water partition coefficient (Wildman–Crippen LogP) is 2.71. The molecule has 3 rings (SSSR count). The first-order valence-electron chi connectivity index (χ1n) is 8.56. The molecule has 136 valence electrons. The van der Waals surface area contributed by atoms with Gasteiger partial charge in [0.1, 0.15) is 0 Å². The van der Waals surface area contributed by atoms with E-state index < -0.39 is 11.9 Å². The van der Waals surface area contributed by atoms with Crippen LogP contribution in [0.2, 0.25) is 0 Å². The molecule has 0 saturated carbocycles. The van der Waals surface area contributed by atoms with E-state index in [1.165, 1.54) is 0 Å². The number of ether oxygens (including phenoxy) is 2. The van der Waals surface area contributed by atoms with Crippen molar-refractivity contribution in [3.63, 3.8) is 0 Å². The Morgan fingerprint density at radius 1 is 1.00 bits per heavy atom. The molecule has 0 radical (unpaired) electrons. The summed E-state index contributed by atoms with van der Waals surface area (Å²) in [7, 11) is 0. The summed E-state index contributed by atoms with van der Waals surface area (Å²) in [4.78, 5) is 23.7. The van der Waals surface area contributed by atoms with Crippen molar-refractivity contribution in [1.29, 1.82) is 0 Å². The third kappa shape index (κ3) is 3.70. The normalized spacial score (nSPS) is 15.2. The maximum absolute atomic E-state index is 11.9. The summed E-state index contributed by atoms with van der Waals surface area (Å²) in [5.41, 5.74) is 0.643. The van der Waals surface area contributed by atoms with Crippen LogP contribution in [0.4, 0.5) is 0 Å². The minimum atomic E-state index is -0.739. The lowest BCUT2D eigenvalue weighted by Gasteiger charge is -2.19. The fraction of sp³-hybridized carbons (Fsp3) is 0.300. The third-order valence-electron chi connectivity index (χ3n) is 4.07. The van der Waals surface area contributed by atoms with Crippen molar-refractivity contribution in [3.05, 3.63) is 42.0 Å². The van der Waals surface area contributed by atoms with Crippen LogP contribution in [0.15, 0.2) is 36.4 Å². The highest BCUT2D eigenvalue weighted by Gasteiger charge is 2.25. The SMILES string of the molecule is CC(C)CNCCc1c(O)c2c(c3ccccc13)OC(=O)/C=C/C(=O)O2. The Morgan fingerprint density at radius 3 is 2.27 bits per heavy atom. The summed E-state index contributed by atoms with van der Waals surface area (Å²) in [5, 5.41) is 15.4. The molecule has 1 aliphatic heterocycles. The van der Waals surface area contributed by atoms with Crippen LogP contribution in [0.1, 0.15) is 19.4 Å². The molecular formula is C20H21NO5. The molecule has 6 heteroatoms. The summed E-state index contributed by atoms with van der Waals surface area (Å²) in [6.07, 6.45) is 2.51. The Labute approximate surface area is 151 Å². The number of esters is 2. The molecule has 0 atom stereocenters. The number of aromatic hydroxyl groups is 1. The van der Waals surface area contributed by atoms with Gasteiger partial charge in [0, 0.05) is 23.1 Å². The first kappa shape index (κ1) is 17.9. The van der Waals surface area contributed by atoms with Gasteiger partial charge in [-0.05, 0) is 30.8 Å². The van der Waals surface area contributed by atoms with Crippen molar-refractivity contribution in [2.45, 2.75) is 20.3 Å². The van der Waals surface area contributed by atoms with Gasteiger partial charge in [-0.15, -0.1) is 0 Å². The fourth-order valence-corrected chi connectivity index (χ4v) is 2.90. The minimum Gasteiger partial charge on any atom is -0.504 e. The molecule has 0 fully saturated rings. The van der Waals surface area contributed by atoms with Gasteiger partial charge in [-0.2, -0.15) is 0 Å². The largest absolute Gasteiger partial charge is 0.504 e. The van der Waals surface area contributed by atoms with Crippen molar-refractivity contribution in [2.24, 2.45) is 5.92 Å². The van der Waals surface area contributed by atoms with E-state index in [-0.39, 0.29) is 17.2 Å². The zero-order valence-corrected chi connectivity index (χ0v) is 14.7. The van der Waals surface area contributed by atoms with Crippen LogP contribution in [-0.4, -0.2) is 30.1 Å². The van der Waals surface area contributed by atoms with E-state index in [2.05, 4.69) is 19.2 Å². The number of hydrogen-bond donors (Lipinski definition) is 2. The highest BCUT2D eigenvalue weighted by molar-refractivity contribution is 6.02. The number of benzene rings is 2. The topological polar surface area (TPSA) is 84.9 Å². The second-order valence-electron chi connectivity index (χ2n) is 6.55. The molecule has 0 amide bonds. The number of rotatable bonds is 5. The van der Waals surface area contributed by atoms with Crippen molar-refractivity contribution in [2.75, 3.05) is 13.1 Å². The second kappa shape index (κ2) is 7.58. The van der Waals surface area contributed by atoms with E-state index in [1.54, 1.807) is 12.1 Å².